The van der Waals surface area contributed by atoms with E-state index in [-0.39, 0.29) is 5.02 Å². The van der Waals surface area contributed by atoms with Gasteiger partial charge in [0.1, 0.15) is 5.82 Å². The molecule has 0 aliphatic rings. The second-order valence-corrected chi connectivity index (χ2v) is 5.52. The average molecular weight is 293 g/mol. The largest absolute Gasteiger partial charge is 0.481 e. The number of benzene rings is 2. The molecule has 0 heterocycles. The fourth-order valence-corrected chi connectivity index (χ4v) is 2.10. The number of carboxylic acids is 1. The van der Waals surface area contributed by atoms with Crippen molar-refractivity contribution >= 4 is 17.6 Å². The van der Waals surface area contributed by atoms with Crippen LogP contribution >= 0.6 is 11.6 Å². The van der Waals surface area contributed by atoms with Crippen LogP contribution in [0.4, 0.5) is 4.39 Å². The molecule has 0 radical (unpaired) electrons. The van der Waals surface area contributed by atoms with Gasteiger partial charge in [0.2, 0.25) is 0 Å². The van der Waals surface area contributed by atoms with Crippen molar-refractivity contribution in [1.82, 2.24) is 0 Å². The fraction of sp³-hybridized carbons (Fsp3) is 0.188. The van der Waals surface area contributed by atoms with Gasteiger partial charge in [0.25, 0.3) is 0 Å². The summed E-state index contributed by atoms with van der Waals surface area (Å²) >= 11 is 5.77. The Morgan fingerprint density at radius 1 is 1.20 bits per heavy atom. The Hall–Kier alpha value is -1.87. The van der Waals surface area contributed by atoms with Crippen LogP contribution in [0.15, 0.2) is 42.5 Å². The van der Waals surface area contributed by atoms with Crippen molar-refractivity contribution in [3.05, 3.63) is 58.9 Å². The van der Waals surface area contributed by atoms with Crippen molar-refractivity contribution < 1.29 is 14.3 Å². The molecule has 0 atom stereocenters. The van der Waals surface area contributed by atoms with E-state index in [1.807, 2.05) is 0 Å². The Morgan fingerprint density at radius 2 is 1.85 bits per heavy atom. The molecule has 2 nitrogen and oxygen atoms in total. The third-order valence-corrected chi connectivity index (χ3v) is 3.67. The molecule has 0 fully saturated rings. The molecule has 1 N–H and O–H groups in total. The summed E-state index contributed by atoms with van der Waals surface area (Å²) in [4.78, 5) is 11.3. The Bertz CT molecular complexity index is 665. The van der Waals surface area contributed by atoms with Gasteiger partial charge >= 0.3 is 5.97 Å². The fourth-order valence-electron chi connectivity index (χ4n) is 1.93. The summed E-state index contributed by atoms with van der Waals surface area (Å²) in [5.74, 6) is -1.43. The van der Waals surface area contributed by atoms with Crippen molar-refractivity contribution in [2.24, 2.45) is 0 Å². The highest BCUT2D eigenvalue weighted by atomic mass is 35.5. The van der Waals surface area contributed by atoms with Crippen LogP contribution in [0.2, 0.25) is 5.02 Å². The van der Waals surface area contributed by atoms with Gasteiger partial charge in [0.05, 0.1) is 10.4 Å². The number of halogens is 2. The van der Waals surface area contributed by atoms with Crippen LogP contribution in [0.3, 0.4) is 0 Å². The van der Waals surface area contributed by atoms with Crippen LogP contribution < -0.4 is 0 Å². The zero-order chi connectivity index (χ0) is 14.9. The van der Waals surface area contributed by atoms with E-state index in [9.17, 15) is 14.3 Å². The number of carbonyl (C=O) groups is 1. The van der Waals surface area contributed by atoms with Gasteiger partial charge in [-0.25, -0.2) is 4.39 Å². The van der Waals surface area contributed by atoms with Crippen LogP contribution in [0, 0.1) is 5.82 Å². The van der Waals surface area contributed by atoms with E-state index in [0.29, 0.717) is 16.7 Å². The Balaban J connectivity index is 2.56. The predicted octanol–water partition coefficient (Wildman–Crippen LogP) is 4.51. The molecule has 20 heavy (non-hydrogen) atoms. The highest BCUT2D eigenvalue weighted by molar-refractivity contribution is 6.31. The van der Waals surface area contributed by atoms with E-state index in [2.05, 4.69) is 0 Å². The lowest BCUT2D eigenvalue weighted by molar-refractivity contribution is -0.142. The van der Waals surface area contributed by atoms with Gasteiger partial charge in [-0.3, -0.25) is 4.79 Å². The Kier molecular flexibility index (Phi) is 3.82. The molecule has 2 rings (SSSR count). The molecule has 2 aromatic carbocycles. The third kappa shape index (κ3) is 2.54. The third-order valence-electron chi connectivity index (χ3n) is 3.38. The van der Waals surface area contributed by atoms with Crippen molar-refractivity contribution in [1.29, 1.82) is 0 Å². The number of carboxylic acid groups (broad SMARTS) is 1. The van der Waals surface area contributed by atoms with E-state index in [1.54, 1.807) is 50.2 Å². The SMILES string of the molecule is CC(C)(C(=O)O)c1cccc(-c2cccc(Cl)c2F)c1. The standard InChI is InChI=1S/C16H14ClFO2/c1-16(2,15(19)20)11-6-3-5-10(9-11)12-7-4-8-13(17)14(12)18/h3-9H,1-2H3,(H,19,20). The van der Waals surface area contributed by atoms with Crippen LogP contribution in [0.5, 0.6) is 0 Å². The van der Waals surface area contributed by atoms with Crippen molar-refractivity contribution in [3.63, 3.8) is 0 Å². The van der Waals surface area contributed by atoms with E-state index >= 15 is 0 Å². The van der Waals surface area contributed by atoms with Crippen LogP contribution in [-0.4, -0.2) is 11.1 Å². The van der Waals surface area contributed by atoms with Gasteiger partial charge in [0.15, 0.2) is 0 Å². The van der Waals surface area contributed by atoms with E-state index in [0.717, 1.165) is 0 Å². The summed E-state index contributed by atoms with van der Waals surface area (Å²) < 4.78 is 14.0. The predicted molar refractivity (Wildman–Crippen MR) is 77.5 cm³/mol. The van der Waals surface area contributed by atoms with E-state index in [4.69, 9.17) is 11.6 Å². The molecule has 0 saturated heterocycles. The normalized spacial score (nSPS) is 11.4. The summed E-state index contributed by atoms with van der Waals surface area (Å²) in [5.41, 5.74) is 0.546. The zero-order valence-corrected chi connectivity index (χ0v) is 11.9. The molecule has 0 amide bonds. The second-order valence-electron chi connectivity index (χ2n) is 5.11. The molecule has 0 aromatic heterocycles. The topological polar surface area (TPSA) is 37.3 Å². The summed E-state index contributed by atoms with van der Waals surface area (Å²) in [6.07, 6.45) is 0. The molecule has 4 heteroatoms. The first-order valence-electron chi connectivity index (χ1n) is 6.12. The molecule has 2 aromatic rings. The maximum atomic E-state index is 14.0. The smallest absolute Gasteiger partial charge is 0.313 e. The number of hydrogen-bond donors (Lipinski definition) is 1. The molecule has 0 saturated carbocycles. The van der Waals surface area contributed by atoms with Gasteiger partial charge in [-0.2, -0.15) is 0 Å². The minimum absolute atomic E-state index is 0.0467. The summed E-state index contributed by atoms with van der Waals surface area (Å²) in [6, 6.07) is 11.6. The maximum absolute atomic E-state index is 14.0. The summed E-state index contributed by atoms with van der Waals surface area (Å²) in [6.45, 7) is 3.23. The van der Waals surface area contributed by atoms with E-state index in [1.165, 1.54) is 6.07 Å². The first-order valence-corrected chi connectivity index (χ1v) is 6.50. The Labute approximate surface area is 121 Å². The average Bonchev–Trinajstić information content (AvgIpc) is 2.42. The van der Waals surface area contributed by atoms with Gasteiger partial charge < -0.3 is 5.11 Å². The lowest BCUT2D eigenvalue weighted by atomic mass is 9.83. The monoisotopic (exact) mass is 292 g/mol. The molecule has 0 aliphatic heterocycles. The number of hydrogen-bond acceptors (Lipinski definition) is 1. The lowest BCUT2D eigenvalue weighted by Gasteiger charge is -2.20. The first-order chi connectivity index (χ1) is 9.34. The highest BCUT2D eigenvalue weighted by Crippen LogP contribution is 2.31. The molecule has 104 valence electrons. The molecular formula is C16H14ClFO2. The molecule has 0 aliphatic carbocycles. The molecule has 0 bridgehead atoms. The Morgan fingerprint density at radius 3 is 2.50 bits per heavy atom. The minimum atomic E-state index is -1.04. The van der Waals surface area contributed by atoms with Crippen molar-refractivity contribution in [3.8, 4) is 11.1 Å². The van der Waals surface area contributed by atoms with Crippen molar-refractivity contribution in [2.75, 3.05) is 0 Å². The first kappa shape index (κ1) is 14.5. The molecular weight excluding hydrogens is 279 g/mol. The van der Waals surface area contributed by atoms with Crippen LogP contribution in [0.25, 0.3) is 11.1 Å². The van der Waals surface area contributed by atoms with Gasteiger partial charge in [-0.1, -0.05) is 41.9 Å². The zero-order valence-electron chi connectivity index (χ0n) is 11.2. The highest BCUT2D eigenvalue weighted by Gasteiger charge is 2.29. The van der Waals surface area contributed by atoms with Gasteiger partial charge in [0, 0.05) is 5.56 Å². The van der Waals surface area contributed by atoms with Gasteiger partial charge in [-0.15, -0.1) is 0 Å². The van der Waals surface area contributed by atoms with Gasteiger partial charge in [-0.05, 0) is 37.1 Å². The minimum Gasteiger partial charge on any atom is -0.481 e. The number of rotatable bonds is 3. The number of aliphatic carboxylic acids is 1. The molecule has 0 spiro atoms. The van der Waals surface area contributed by atoms with Crippen molar-refractivity contribution in [2.45, 2.75) is 19.3 Å². The molecule has 0 unspecified atom stereocenters. The van der Waals surface area contributed by atoms with Crippen LogP contribution in [0.1, 0.15) is 19.4 Å². The second kappa shape index (κ2) is 5.25. The van der Waals surface area contributed by atoms with Crippen LogP contribution in [-0.2, 0) is 10.2 Å². The quantitative estimate of drug-likeness (QED) is 0.904. The van der Waals surface area contributed by atoms with E-state index < -0.39 is 17.2 Å². The lowest BCUT2D eigenvalue weighted by Crippen LogP contribution is -2.28. The summed E-state index contributed by atoms with van der Waals surface area (Å²) in [5, 5.41) is 9.31. The maximum Gasteiger partial charge on any atom is 0.313 e. The summed E-state index contributed by atoms with van der Waals surface area (Å²) in [7, 11) is 0.